The molecule has 0 bridgehead atoms. The number of nitrogens with two attached hydrogens (primary N) is 1. The molecule has 8 heteroatoms. The van der Waals surface area contributed by atoms with E-state index in [0.717, 1.165) is 25.0 Å². The van der Waals surface area contributed by atoms with Crippen LogP contribution in [-0.4, -0.2) is 49.5 Å². The van der Waals surface area contributed by atoms with Crippen molar-refractivity contribution in [2.45, 2.75) is 30.9 Å². The Kier molecular flexibility index (Phi) is 4.98. The van der Waals surface area contributed by atoms with Crippen LogP contribution in [0.1, 0.15) is 35.1 Å². The molecule has 0 spiro atoms. The lowest BCUT2D eigenvalue weighted by molar-refractivity contribution is 0.0722. The first-order chi connectivity index (χ1) is 9.54. The Morgan fingerprint density at radius 1 is 1.55 bits per heavy atom. The van der Waals surface area contributed by atoms with Crippen molar-refractivity contribution >= 4 is 46.4 Å². The van der Waals surface area contributed by atoms with Crippen LogP contribution in [0.4, 0.5) is 0 Å². The highest BCUT2D eigenvalue weighted by Crippen LogP contribution is 2.35. The van der Waals surface area contributed by atoms with Crippen LogP contribution in [0.5, 0.6) is 0 Å². The highest BCUT2D eigenvalue weighted by molar-refractivity contribution is 8.02. The van der Waals surface area contributed by atoms with Crippen LogP contribution >= 0.6 is 35.5 Å². The molecule has 1 amide bonds. The molecule has 0 unspecified atom stereocenters. The molecule has 1 aromatic heterocycles. The van der Waals surface area contributed by atoms with Gasteiger partial charge in [-0.3, -0.25) is 4.79 Å². The number of hydrogen-bond acceptors (Lipinski definition) is 6. The largest absolute Gasteiger partial charge is 0.392 e. The molecule has 0 saturated carbocycles. The van der Waals surface area contributed by atoms with Gasteiger partial charge in [0.2, 0.25) is 0 Å². The minimum atomic E-state index is -0.161. The van der Waals surface area contributed by atoms with Crippen molar-refractivity contribution < 1.29 is 4.79 Å². The van der Waals surface area contributed by atoms with Crippen molar-refractivity contribution in [2.75, 3.05) is 19.3 Å². The molecular weight excluding hydrogens is 312 g/mol. The zero-order valence-corrected chi connectivity index (χ0v) is 14.0. The number of carbonyl (C=O) groups excluding carboxylic acids is 1. The van der Waals surface area contributed by atoms with Gasteiger partial charge in [0.1, 0.15) is 4.88 Å². The predicted molar refractivity (Wildman–Crippen MR) is 87.5 cm³/mol. The van der Waals surface area contributed by atoms with Crippen LogP contribution in [0, 0.1) is 0 Å². The van der Waals surface area contributed by atoms with Crippen LogP contribution in [0.15, 0.2) is 0 Å². The highest BCUT2D eigenvalue weighted by Gasteiger charge is 2.38. The Morgan fingerprint density at radius 2 is 2.20 bits per heavy atom. The van der Waals surface area contributed by atoms with Crippen LogP contribution < -0.4 is 5.73 Å². The number of rotatable bonds is 4. The number of aryl methyl sites for hydroxylation is 1. The van der Waals surface area contributed by atoms with Gasteiger partial charge >= 0.3 is 0 Å². The SMILES string of the molecule is CCc1nnsc1C(=O)N1CCC(SC)(C(N)=S)CC1. The van der Waals surface area contributed by atoms with Crippen LogP contribution in [-0.2, 0) is 6.42 Å². The maximum atomic E-state index is 12.5. The quantitative estimate of drug-likeness (QED) is 0.848. The smallest absolute Gasteiger partial charge is 0.267 e. The van der Waals surface area contributed by atoms with Gasteiger partial charge in [-0.2, -0.15) is 11.8 Å². The lowest BCUT2D eigenvalue weighted by atomic mass is 9.95. The molecule has 20 heavy (non-hydrogen) atoms. The van der Waals surface area contributed by atoms with Gasteiger partial charge in [0.05, 0.1) is 15.4 Å². The number of piperidine rings is 1. The van der Waals surface area contributed by atoms with Crippen molar-refractivity contribution in [3.8, 4) is 0 Å². The monoisotopic (exact) mass is 330 g/mol. The van der Waals surface area contributed by atoms with E-state index >= 15 is 0 Å². The number of hydrogen-bond donors (Lipinski definition) is 1. The second kappa shape index (κ2) is 6.36. The average Bonchev–Trinajstić information content (AvgIpc) is 2.94. The topological polar surface area (TPSA) is 72.1 Å². The Morgan fingerprint density at radius 3 is 2.70 bits per heavy atom. The van der Waals surface area contributed by atoms with E-state index in [1.54, 1.807) is 11.8 Å². The first-order valence-corrected chi connectivity index (χ1v) is 8.90. The molecule has 2 heterocycles. The standard InChI is InChI=1S/C12H18N4OS3/c1-3-8-9(20-15-14-8)10(17)16-6-4-12(19-2,5-7-16)11(13)18/h3-7H2,1-2H3,(H2,13,18). The number of nitrogens with zero attached hydrogens (tertiary/aromatic N) is 3. The Bertz CT molecular complexity index is 509. The normalized spacial score (nSPS) is 18.0. The Hall–Kier alpha value is -0.730. The third kappa shape index (κ3) is 2.82. The van der Waals surface area contributed by atoms with Gasteiger partial charge in [0.25, 0.3) is 5.91 Å². The lowest BCUT2D eigenvalue weighted by Gasteiger charge is -2.39. The molecule has 1 saturated heterocycles. The molecule has 1 aliphatic heterocycles. The summed E-state index contributed by atoms with van der Waals surface area (Å²) in [4.78, 5) is 15.6. The van der Waals surface area contributed by atoms with Crippen LogP contribution in [0.25, 0.3) is 0 Å². The molecular formula is C12H18N4OS3. The molecule has 5 nitrogen and oxygen atoms in total. The maximum absolute atomic E-state index is 12.5. The summed E-state index contributed by atoms with van der Waals surface area (Å²) in [6.07, 6.45) is 4.37. The van der Waals surface area contributed by atoms with Gasteiger partial charge in [-0.15, -0.1) is 5.10 Å². The fourth-order valence-electron chi connectivity index (χ4n) is 2.37. The van der Waals surface area contributed by atoms with E-state index in [4.69, 9.17) is 18.0 Å². The fourth-order valence-corrected chi connectivity index (χ4v) is 4.33. The molecule has 1 aliphatic rings. The van der Waals surface area contributed by atoms with Crippen LogP contribution in [0.2, 0.25) is 0 Å². The van der Waals surface area contributed by atoms with Gasteiger partial charge in [-0.05, 0) is 37.1 Å². The van der Waals surface area contributed by atoms with Gasteiger partial charge in [-0.1, -0.05) is 23.6 Å². The minimum absolute atomic E-state index is 0.0366. The summed E-state index contributed by atoms with van der Waals surface area (Å²) >= 11 is 8.06. The fraction of sp³-hybridized carbons (Fsp3) is 0.667. The number of carbonyl (C=O) groups is 1. The summed E-state index contributed by atoms with van der Waals surface area (Å²) in [5.74, 6) is 0.0366. The van der Waals surface area contributed by atoms with E-state index < -0.39 is 0 Å². The molecule has 1 fully saturated rings. The maximum Gasteiger partial charge on any atom is 0.267 e. The summed E-state index contributed by atoms with van der Waals surface area (Å²) in [7, 11) is 0. The van der Waals surface area contributed by atoms with Crippen molar-refractivity contribution in [1.29, 1.82) is 0 Å². The Balaban J connectivity index is 2.07. The summed E-state index contributed by atoms with van der Waals surface area (Å²) in [6.45, 7) is 3.34. The first-order valence-electron chi connectivity index (χ1n) is 6.49. The molecule has 0 radical (unpaired) electrons. The number of amides is 1. The minimum Gasteiger partial charge on any atom is -0.392 e. The van der Waals surface area contributed by atoms with E-state index in [2.05, 4.69) is 9.59 Å². The summed E-state index contributed by atoms with van der Waals surface area (Å²) in [6, 6.07) is 0. The van der Waals surface area contributed by atoms with Gasteiger partial charge in [0.15, 0.2) is 0 Å². The number of thioether (sulfide) groups is 1. The van der Waals surface area contributed by atoms with Crippen molar-refractivity contribution in [2.24, 2.45) is 5.73 Å². The molecule has 0 aromatic carbocycles. The second-order valence-corrected chi connectivity index (χ2v) is 7.14. The molecule has 0 atom stereocenters. The van der Waals surface area contributed by atoms with Crippen molar-refractivity contribution in [3.63, 3.8) is 0 Å². The molecule has 110 valence electrons. The van der Waals surface area contributed by atoms with Gasteiger partial charge in [-0.25, -0.2) is 0 Å². The summed E-state index contributed by atoms with van der Waals surface area (Å²) in [5, 5.41) is 4.00. The second-order valence-electron chi connectivity index (χ2n) is 4.76. The molecule has 1 aromatic rings. The summed E-state index contributed by atoms with van der Waals surface area (Å²) in [5.41, 5.74) is 6.65. The average molecular weight is 331 g/mol. The van der Waals surface area contributed by atoms with E-state index in [9.17, 15) is 4.79 Å². The number of aromatic nitrogens is 2. The van der Waals surface area contributed by atoms with E-state index in [-0.39, 0.29) is 10.7 Å². The molecule has 0 aliphatic carbocycles. The van der Waals surface area contributed by atoms with Gasteiger partial charge in [0, 0.05) is 13.1 Å². The van der Waals surface area contributed by atoms with Crippen molar-refractivity contribution in [1.82, 2.24) is 14.5 Å². The third-order valence-corrected chi connectivity index (χ3v) is 6.47. The van der Waals surface area contributed by atoms with E-state index in [0.29, 0.717) is 23.0 Å². The predicted octanol–water partition coefficient (Wildman–Crippen LogP) is 1.72. The highest BCUT2D eigenvalue weighted by atomic mass is 32.2. The lowest BCUT2D eigenvalue weighted by Crippen LogP contribution is -2.50. The third-order valence-electron chi connectivity index (χ3n) is 3.78. The van der Waals surface area contributed by atoms with Crippen LogP contribution in [0.3, 0.4) is 0 Å². The van der Waals surface area contributed by atoms with Crippen molar-refractivity contribution in [3.05, 3.63) is 10.6 Å². The molecule has 2 N–H and O–H groups in total. The molecule has 2 rings (SSSR count). The number of thiocarbonyl (C=S) groups is 1. The zero-order valence-electron chi connectivity index (χ0n) is 11.6. The van der Waals surface area contributed by atoms with E-state index in [1.807, 2.05) is 18.1 Å². The first kappa shape index (κ1) is 15.7. The van der Waals surface area contributed by atoms with E-state index in [1.165, 1.54) is 11.5 Å². The summed E-state index contributed by atoms with van der Waals surface area (Å²) < 4.78 is 3.72. The number of likely N-dealkylation sites (tertiary alicyclic amines) is 1. The zero-order chi connectivity index (χ0) is 14.8. The van der Waals surface area contributed by atoms with Gasteiger partial charge < -0.3 is 10.6 Å². The Labute approximate surface area is 132 Å².